The summed E-state index contributed by atoms with van der Waals surface area (Å²) < 4.78 is 20.9. The molecule has 0 aromatic carbocycles. The summed E-state index contributed by atoms with van der Waals surface area (Å²) in [7, 11) is -2.37. The Labute approximate surface area is 63.0 Å². The highest BCUT2D eigenvalue weighted by molar-refractivity contribution is 7.73. The quantitative estimate of drug-likeness (QED) is 0.578. The van der Waals surface area contributed by atoms with Crippen LogP contribution >= 0.6 is 0 Å². The molecule has 0 rings (SSSR count). The van der Waals surface area contributed by atoms with E-state index < -0.39 is 10.7 Å². The van der Waals surface area contributed by atoms with E-state index in [1.165, 1.54) is 0 Å². The minimum absolute atomic E-state index is 0.0494. The van der Waals surface area contributed by atoms with Gasteiger partial charge >= 0.3 is 0 Å². The smallest absolute Gasteiger partial charge is 0.143 e. The molecule has 0 heterocycles. The first-order chi connectivity index (χ1) is 4.59. The molecule has 0 fully saturated rings. The second-order valence-electron chi connectivity index (χ2n) is 2.61. The van der Waals surface area contributed by atoms with Gasteiger partial charge in [-0.1, -0.05) is 13.8 Å². The summed E-state index contributed by atoms with van der Waals surface area (Å²) in [6, 6.07) is 0. The van der Waals surface area contributed by atoms with Gasteiger partial charge in [0.1, 0.15) is 10.7 Å². The van der Waals surface area contributed by atoms with E-state index in [4.69, 9.17) is 5.11 Å². The Morgan fingerprint density at radius 2 is 1.90 bits per heavy atom. The van der Waals surface area contributed by atoms with Crippen LogP contribution in [0.2, 0.25) is 0 Å². The van der Waals surface area contributed by atoms with Gasteiger partial charge in [-0.3, -0.25) is 0 Å². The van der Waals surface area contributed by atoms with Gasteiger partial charge in [0.25, 0.3) is 0 Å². The Bertz CT molecular complexity index is 143. The minimum atomic E-state index is -2.37. The molecule has 0 aliphatic rings. The third kappa shape index (κ3) is 3.17. The van der Waals surface area contributed by atoms with Crippen molar-refractivity contribution in [3.63, 3.8) is 0 Å². The van der Waals surface area contributed by atoms with Gasteiger partial charge in [0, 0.05) is 6.61 Å². The fourth-order valence-electron chi connectivity index (χ4n) is 0.814. The van der Waals surface area contributed by atoms with Gasteiger partial charge in [0.05, 0.1) is 5.25 Å². The Morgan fingerprint density at radius 3 is 2.00 bits per heavy atom. The molecule has 0 aliphatic heterocycles. The van der Waals surface area contributed by atoms with Crippen LogP contribution in [0.25, 0.3) is 0 Å². The van der Waals surface area contributed by atoms with Crippen LogP contribution in [-0.2, 0) is 10.7 Å². The molecule has 1 N–H and O–H groups in total. The Morgan fingerprint density at radius 1 is 1.40 bits per heavy atom. The third-order valence-electron chi connectivity index (χ3n) is 1.47. The summed E-state index contributed by atoms with van der Waals surface area (Å²) in [6.45, 7) is 3.63. The van der Waals surface area contributed by atoms with Crippen molar-refractivity contribution in [3.8, 4) is 0 Å². The van der Waals surface area contributed by atoms with E-state index in [1.54, 1.807) is 0 Å². The highest BCUT2D eigenvalue weighted by Crippen LogP contribution is 2.08. The van der Waals surface area contributed by atoms with Crippen LogP contribution in [0.3, 0.4) is 0 Å². The second kappa shape index (κ2) is 4.68. The average molecular weight is 166 g/mol. The number of aliphatic hydroxyl groups excluding tert-OH is 1. The molecular weight excluding hydrogens is 152 g/mol. The maximum Gasteiger partial charge on any atom is 0.143 e. The topological polar surface area (TPSA) is 54.4 Å². The van der Waals surface area contributed by atoms with Crippen LogP contribution in [-0.4, -0.2) is 25.4 Å². The lowest BCUT2D eigenvalue weighted by molar-refractivity contribution is 0.277. The van der Waals surface area contributed by atoms with Crippen LogP contribution in [0.4, 0.5) is 0 Å². The lowest BCUT2D eigenvalue weighted by Gasteiger charge is -2.11. The van der Waals surface area contributed by atoms with Crippen LogP contribution in [0.15, 0.2) is 0 Å². The number of aliphatic hydroxyl groups is 1. The van der Waals surface area contributed by atoms with Crippen LogP contribution in [0.5, 0.6) is 0 Å². The summed E-state index contributed by atoms with van der Waals surface area (Å²) in [6.07, 6.45) is 0.358. The number of hydrogen-bond acceptors (Lipinski definition) is 3. The van der Waals surface area contributed by atoms with Crippen LogP contribution < -0.4 is 0 Å². The molecule has 62 valence electrons. The van der Waals surface area contributed by atoms with Gasteiger partial charge in [-0.15, -0.1) is 0 Å². The van der Waals surface area contributed by atoms with E-state index in [2.05, 4.69) is 0 Å². The molecule has 0 aromatic heterocycles. The summed E-state index contributed by atoms with van der Waals surface area (Å²) in [5.41, 5.74) is 0. The molecule has 0 saturated carbocycles. The number of hydrogen-bond donors (Lipinski definition) is 2. The van der Waals surface area contributed by atoms with E-state index in [1.807, 2.05) is 13.8 Å². The molecule has 1 unspecified atom stereocenters. The normalized spacial score (nSPS) is 14.5. The zero-order valence-electron chi connectivity index (χ0n) is 6.28. The highest BCUT2D eigenvalue weighted by atomic mass is 32.2. The molecule has 1 atom stereocenters. The van der Waals surface area contributed by atoms with Crippen molar-refractivity contribution in [2.45, 2.75) is 25.5 Å². The molecule has 0 saturated heterocycles. The third-order valence-corrected chi connectivity index (χ3v) is 2.86. The molecule has 0 aromatic rings. The van der Waals surface area contributed by atoms with Crippen LogP contribution in [0, 0.1) is 5.92 Å². The van der Waals surface area contributed by atoms with Gasteiger partial charge in [0.15, 0.2) is 0 Å². The Balaban J connectivity index is 3.98. The summed E-state index contributed by atoms with van der Waals surface area (Å²) in [5, 5.41) is 8.11. The van der Waals surface area contributed by atoms with Crippen molar-refractivity contribution in [2.24, 2.45) is 5.92 Å². The predicted molar refractivity (Wildman–Crippen MR) is 40.6 cm³/mol. The average Bonchev–Trinajstić information content (AvgIpc) is 1.81. The number of rotatable bonds is 4. The summed E-state index contributed by atoms with van der Waals surface area (Å²) in [5.74, 6) is 0.105. The molecule has 0 aliphatic carbocycles. The van der Waals surface area contributed by atoms with Crippen molar-refractivity contribution >= 4 is 10.7 Å². The first-order valence-electron chi connectivity index (χ1n) is 3.34. The molecule has 0 spiro atoms. The van der Waals surface area contributed by atoms with Crippen molar-refractivity contribution in [3.05, 3.63) is 0 Å². The monoisotopic (exact) mass is 166 g/mol. The number of thiol groups is 1. The lowest BCUT2D eigenvalue weighted by atomic mass is 10.1. The molecular formula is C6H14O3S. The molecule has 0 bridgehead atoms. The van der Waals surface area contributed by atoms with Gasteiger partial charge in [0.2, 0.25) is 0 Å². The fraction of sp³-hybridized carbons (Fsp3) is 1.00. The fourth-order valence-corrected chi connectivity index (χ4v) is 1.63. The van der Waals surface area contributed by atoms with Crippen LogP contribution in [0.1, 0.15) is 20.3 Å². The van der Waals surface area contributed by atoms with E-state index in [-0.39, 0.29) is 17.8 Å². The lowest BCUT2D eigenvalue weighted by Crippen LogP contribution is -2.18. The van der Waals surface area contributed by atoms with Gasteiger partial charge < -0.3 is 5.11 Å². The van der Waals surface area contributed by atoms with Crippen molar-refractivity contribution in [1.82, 2.24) is 0 Å². The zero-order chi connectivity index (χ0) is 8.15. The molecule has 0 amide bonds. The maximum atomic E-state index is 10.5. The van der Waals surface area contributed by atoms with E-state index in [0.29, 0.717) is 6.42 Å². The Kier molecular flexibility index (Phi) is 4.64. The minimum Gasteiger partial charge on any atom is -0.396 e. The zero-order valence-corrected chi connectivity index (χ0v) is 7.17. The Hall–Kier alpha value is -0.0900. The van der Waals surface area contributed by atoms with Gasteiger partial charge in [-0.2, -0.15) is 0 Å². The van der Waals surface area contributed by atoms with E-state index >= 15 is 0 Å². The van der Waals surface area contributed by atoms with Gasteiger partial charge in [-0.05, 0) is 12.3 Å². The first-order valence-corrected chi connectivity index (χ1v) is 4.58. The van der Waals surface area contributed by atoms with E-state index in [0.717, 1.165) is 0 Å². The largest absolute Gasteiger partial charge is 0.396 e. The van der Waals surface area contributed by atoms with Crippen molar-refractivity contribution in [1.29, 1.82) is 0 Å². The van der Waals surface area contributed by atoms with Crippen molar-refractivity contribution in [2.75, 3.05) is 6.61 Å². The SMILES string of the molecule is CC(C)C(CCO)[SH](=O)=O. The maximum absolute atomic E-state index is 10.5. The van der Waals surface area contributed by atoms with Gasteiger partial charge in [-0.25, -0.2) is 8.42 Å². The predicted octanol–water partition coefficient (Wildman–Crippen LogP) is 0.00480. The first kappa shape index (κ1) is 9.91. The summed E-state index contributed by atoms with van der Waals surface area (Å²) in [4.78, 5) is 0. The molecule has 4 heteroatoms. The second-order valence-corrected chi connectivity index (χ2v) is 3.84. The standard InChI is InChI=1S/C6H14O3S/c1-5(2)6(3-4-7)10(8)9/h5-7,10H,3-4H2,1-2H3. The molecule has 10 heavy (non-hydrogen) atoms. The highest BCUT2D eigenvalue weighted by Gasteiger charge is 2.14. The summed E-state index contributed by atoms with van der Waals surface area (Å²) >= 11 is 0. The van der Waals surface area contributed by atoms with Crippen molar-refractivity contribution < 1.29 is 13.5 Å². The molecule has 3 nitrogen and oxygen atoms in total. The molecule has 0 radical (unpaired) electrons. The van der Waals surface area contributed by atoms with E-state index in [9.17, 15) is 8.42 Å².